The van der Waals surface area contributed by atoms with E-state index in [0.29, 0.717) is 11.4 Å². The Labute approximate surface area is 130 Å². The Kier molecular flexibility index (Phi) is 4.73. The van der Waals surface area contributed by atoms with Gasteiger partial charge >= 0.3 is 0 Å². The zero-order valence-electron chi connectivity index (χ0n) is 13.0. The van der Waals surface area contributed by atoms with Gasteiger partial charge in [-0.25, -0.2) is 0 Å². The molecule has 2 aromatic heterocycles. The molecule has 0 saturated heterocycles. The van der Waals surface area contributed by atoms with Gasteiger partial charge in [0.05, 0.1) is 5.69 Å². The molecule has 21 heavy (non-hydrogen) atoms. The van der Waals surface area contributed by atoms with Crippen LogP contribution in [0.1, 0.15) is 42.2 Å². The molecule has 0 bridgehead atoms. The Morgan fingerprint density at radius 2 is 2.14 bits per heavy atom. The van der Waals surface area contributed by atoms with Crippen LogP contribution in [0, 0.1) is 0 Å². The summed E-state index contributed by atoms with van der Waals surface area (Å²) in [5.41, 5.74) is 7.14. The number of thiophene rings is 1. The average Bonchev–Trinajstić information content (AvgIpc) is 3.06. The highest BCUT2D eigenvalue weighted by Crippen LogP contribution is 2.20. The van der Waals surface area contributed by atoms with Gasteiger partial charge in [-0.1, -0.05) is 6.07 Å². The van der Waals surface area contributed by atoms with Crippen LogP contribution < -0.4 is 5.73 Å². The van der Waals surface area contributed by atoms with E-state index in [1.54, 1.807) is 22.3 Å². The van der Waals surface area contributed by atoms with Crippen molar-refractivity contribution < 1.29 is 4.79 Å². The summed E-state index contributed by atoms with van der Waals surface area (Å²) in [5.74, 6) is 0.0180. The number of hydrogen-bond donors (Lipinski definition) is 1. The van der Waals surface area contributed by atoms with Gasteiger partial charge in [0.15, 0.2) is 0 Å². The first-order chi connectivity index (χ1) is 9.90. The first-order valence-electron chi connectivity index (χ1n) is 7.17. The van der Waals surface area contributed by atoms with Gasteiger partial charge in [0.25, 0.3) is 5.91 Å². The van der Waals surface area contributed by atoms with Crippen molar-refractivity contribution in [3.63, 3.8) is 0 Å². The van der Waals surface area contributed by atoms with Crippen LogP contribution in [0.25, 0.3) is 0 Å². The zero-order valence-corrected chi connectivity index (χ0v) is 13.9. The molecule has 2 heterocycles. The van der Waals surface area contributed by atoms with Gasteiger partial charge in [-0.2, -0.15) is 0 Å². The number of carbonyl (C=O) groups excluding carboxylic acids is 1. The second-order valence-electron chi connectivity index (χ2n) is 5.71. The molecule has 2 rings (SSSR count). The van der Waals surface area contributed by atoms with Crippen LogP contribution in [-0.2, 0) is 6.42 Å². The minimum atomic E-state index is 0.0180. The van der Waals surface area contributed by atoms with E-state index in [1.807, 2.05) is 37.7 Å². The molecule has 5 heteroatoms. The Hall–Kier alpha value is -1.75. The van der Waals surface area contributed by atoms with Gasteiger partial charge in [-0.3, -0.25) is 4.79 Å². The average molecular weight is 305 g/mol. The van der Waals surface area contributed by atoms with Crippen LogP contribution in [0.5, 0.6) is 0 Å². The summed E-state index contributed by atoms with van der Waals surface area (Å²) in [6, 6.07) is 6.26. The van der Waals surface area contributed by atoms with E-state index in [1.165, 1.54) is 4.88 Å². The van der Waals surface area contributed by atoms with E-state index in [4.69, 9.17) is 5.73 Å². The number of nitrogens with zero attached hydrogens (tertiary/aromatic N) is 2. The minimum Gasteiger partial charge on any atom is -0.397 e. The number of hydrogen-bond acceptors (Lipinski definition) is 3. The summed E-state index contributed by atoms with van der Waals surface area (Å²) >= 11 is 1.73. The van der Waals surface area contributed by atoms with E-state index in [9.17, 15) is 4.79 Å². The number of carbonyl (C=O) groups is 1. The monoisotopic (exact) mass is 305 g/mol. The summed E-state index contributed by atoms with van der Waals surface area (Å²) in [4.78, 5) is 15.8. The van der Waals surface area contributed by atoms with E-state index < -0.39 is 0 Å². The van der Waals surface area contributed by atoms with Crippen LogP contribution in [0.3, 0.4) is 0 Å². The number of nitrogens with two attached hydrogens (primary N) is 1. The van der Waals surface area contributed by atoms with Crippen LogP contribution in [-0.4, -0.2) is 28.5 Å². The third-order valence-electron chi connectivity index (χ3n) is 3.70. The Morgan fingerprint density at radius 1 is 1.43 bits per heavy atom. The number of anilines is 1. The molecule has 0 saturated carbocycles. The number of likely N-dealkylation sites (N-methyl/N-ethyl adjacent to an activating group) is 1. The van der Waals surface area contributed by atoms with Gasteiger partial charge in [-0.15, -0.1) is 11.3 Å². The van der Waals surface area contributed by atoms with E-state index in [2.05, 4.69) is 18.4 Å². The maximum Gasteiger partial charge on any atom is 0.270 e. The van der Waals surface area contributed by atoms with E-state index >= 15 is 0 Å². The third kappa shape index (κ3) is 3.47. The Bertz CT molecular complexity index is 601. The van der Waals surface area contributed by atoms with Crippen molar-refractivity contribution in [2.75, 3.05) is 12.8 Å². The van der Waals surface area contributed by atoms with Crippen LogP contribution in [0.15, 0.2) is 29.8 Å². The minimum absolute atomic E-state index is 0.0180. The second kappa shape index (κ2) is 6.35. The smallest absolute Gasteiger partial charge is 0.270 e. The standard InChI is InChI=1S/C16H23N3OS/c1-11(2)19-10-13(17)9-15(19)16(20)18(4)12(3)8-14-6-5-7-21-14/h5-7,9-12H,8,17H2,1-4H3. The lowest BCUT2D eigenvalue weighted by Gasteiger charge is -2.25. The summed E-state index contributed by atoms with van der Waals surface area (Å²) < 4.78 is 1.94. The summed E-state index contributed by atoms with van der Waals surface area (Å²) in [5, 5.41) is 2.06. The highest BCUT2D eigenvalue weighted by Gasteiger charge is 2.22. The summed E-state index contributed by atoms with van der Waals surface area (Å²) in [7, 11) is 1.86. The van der Waals surface area contributed by atoms with Crippen molar-refractivity contribution in [2.45, 2.75) is 39.3 Å². The second-order valence-corrected chi connectivity index (χ2v) is 6.74. The topological polar surface area (TPSA) is 51.3 Å². The first kappa shape index (κ1) is 15.6. The first-order valence-corrected chi connectivity index (χ1v) is 8.05. The van der Waals surface area contributed by atoms with Crippen molar-refractivity contribution in [1.82, 2.24) is 9.47 Å². The number of amides is 1. The van der Waals surface area contributed by atoms with Gasteiger partial charge in [-0.05, 0) is 38.3 Å². The molecule has 2 N–H and O–H groups in total. The number of rotatable bonds is 5. The largest absolute Gasteiger partial charge is 0.397 e. The predicted octanol–water partition coefficient (Wildman–Crippen LogP) is 3.42. The lowest BCUT2D eigenvalue weighted by molar-refractivity contribution is 0.0731. The molecular formula is C16H23N3OS. The van der Waals surface area contributed by atoms with Crippen molar-refractivity contribution in [3.05, 3.63) is 40.3 Å². The fourth-order valence-electron chi connectivity index (χ4n) is 2.34. The van der Waals surface area contributed by atoms with Crippen LogP contribution in [0.2, 0.25) is 0 Å². The molecular weight excluding hydrogens is 282 g/mol. The lowest BCUT2D eigenvalue weighted by atomic mass is 10.1. The van der Waals surface area contributed by atoms with Gasteiger partial charge in [0.2, 0.25) is 0 Å². The third-order valence-corrected chi connectivity index (χ3v) is 4.60. The van der Waals surface area contributed by atoms with Crippen molar-refractivity contribution in [3.8, 4) is 0 Å². The lowest BCUT2D eigenvalue weighted by Crippen LogP contribution is -2.37. The normalized spacial score (nSPS) is 12.6. The van der Waals surface area contributed by atoms with Gasteiger partial charge in [0.1, 0.15) is 5.69 Å². The fraction of sp³-hybridized carbons (Fsp3) is 0.438. The molecule has 4 nitrogen and oxygen atoms in total. The highest BCUT2D eigenvalue weighted by molar-refractivity contribution is 7.09. The molecule has 0 aliphatic carbocycles. The van der Waals surface area contributed by atoms with Crippen molar-refractivity contribution in [2.24, 2.45) is 0 Å². The molecule has 2 aromatic rings. The summed E-state index contributed by atoms with van der Waals surface area (Å²) in [6.45, 7) is 6.17. The molecule has 0 aliphatic rings. The maximum atomic E-state index is 12.7. The Morgan fingerprint density at radius 3 is 2.71 bits per heavy atom. The van der Waals surface area contributed by atoms with E-state index in [-0.39, 0.29) is 18.0 Å². The highest BCUT2D eigenvalue weighted by atomic mass is 32.1. The molecule has 0 fully saturated rings. The quantitative estimate of drug-likeness (QED) is 0.920. The van der Waals surface area contributed by atoms with Crippen LogP contribution >= 0.6 is 11.3 Å². The summed E-state index contributed by atoms with van der Waals surface area (Å²) in [6.07, 6.45) is 2.70. The maximum absolute atomic E-state index is 12.7. The SMILES string of the molecule is CC(Cc1cccs1)N(C)C(=O)c1cc(N)cn1C(C)C. The molecule has 1 unspecified atom stereocenters. The molecule has 0 aromatic carbocycles. The van der Waals surface area contributed by atoms with Gasteiger partial charge in [0, 0.05) is 36.6 Å². The fourth-order valence-corrected chi connectivity index (χ4v) is 3.16. The van der Waals surface area contributed by atoms with E-state index in [0.717, 1.165) is 6.42 Å². The zero-order chi connectivity index (χ0) is 15.6. The van der Waals surface area contributed by atoms with Crippen molar-refractivity contribution >= 4 is 22.9 Å². The molecule has 114 valence electrons. The number of aromatic nitrogens is 1. The van der Waals surface area contributed by atoms with Crippen molar-refractivity contribution in [1.29, 1.82) is 0 Å². The Balaban J connectivity index is 2.15. The van der Waals surface area contributed by atoms with Crippen LogP contribution in [0.4, 0.5) is 5.69 Å². The molecule has 0 spiro atoms. The molecule has 0 aliphatic heterocycles. The number of nitrogen functional groups attached to an aromatic ring is 1. The molecule has 1 amide bonds. The molecule has 1 atom stereocenters. The molecule has 0 radical (unpaired) electrons. The predicted molar refractivity (Wildman–Crippen MR) is 88.8 cm³/mol. The van der Waals surface area contributed by atoms with Gasteiger partial charge < -0.3 is 15.2 Å².